The van der Waals surface area contributed by atoms with Crippen molar-refractivity contribution in [1.29, 1.82) is 0 Å². The van der Waals surface area contributed by atoms with Crippen LogP contribution in [-0.2, 0) is 28.4 Å². The minimum Gasteiger partial charge on any atom is -0.459 e. The third-order valence-corrected chi connectivity index (χ3v) is 5.54. The normalized spacial score (nSPS) is 27.3. The molecule has 2 fully saturated rings. The van der Waals surface area contributed by atoms with Crippen LogP contribution in [0.25, 0.3) is 0 Å². The maximum atomic E-state index is 12.5. The van der Waals surface area contributed by atoms with E-state index in [1.807, 2.05) is 12.1 Å². The molecule has 0 saturated carbocycles. The molecule has 0 N–H and O–H groups in total. The summed E-state index contributed by atoms with van der Waals surface area (Å²) in [5.74, 6) is -2.91. The smallest absolute Gasteiger partial charge is 0.338 e. The van der Waals surface area contributed by atoms with Gasteiger partial charge in [-0.1, -0.05) is 36.4 Å². The number of benzene rings is 2. The van der Waals surface area contributed by atoms with Gasteiger partial charge in [0.05, 0.1) is 11.1 Å². The van der Waals surface area contributed by atoms with Crippen molar-refractivity contribution in [2.24, 2.45) is 0 Å². The average molecular weight is 471 g/mol. The summed E-state index contributed by atoms with van der Waals surface area (Å²) in [5, 5.41) is 0. The number of fused-ring (bicyclic) bond motifs is 1. The summed E-state index contributed by atoms with van der Waals surface area (Å²) in [7, 11) is 0. The maximum absolute atomic E-state index is 12.5. The fourth-order valence-electron chi connectivity index (χ4n) is 4.17. The molecule has 2 aliphatic rings. The highest BCUT2D eigenvalue weighted by atomic mass is 16.8. The van der Waals surface area contributed by atoms with E-state index in [9.17, 15) is 9.59 Å². The maximum Gasteiger partial charge on any atom is 0.338 e. The molecule has 4 rings (SSSR count). The van der Waals surface area contributed by atoms with Crippen LogP contribution in [0.5, 0.6) is 0 Å². The predicted molar refractivity (Wildman–Crippen MR) is 121 cm³/mol. The molecule has 4 unspecified atom stereocenters. The zero-order valence-corrected chi connectivity index (χ0v) is 19.8. The topological polar surface area (TPSA) is 89.5 Å². The second-order valence-corrected chi connectivity index (χ2v) is 9.21. The zero-order chi connectivity index (χ0) is 24.3. The van der Waals surface area contributed by atoms with Crippen molar-refractivity contribution < 1.29 is 38.0 Å². The van der Waals surface area contributed by atoms with Gasteiger partial charge in [-0.3, -0.25) is 0 Å². The van der Waals surface area contributed by atoms with Crippen LogP contribution in [0.15, 0.2) is 60.7 Å². The van der Waals surface area contributed by atoms with Crippen LogP contribution in [-0.4, -0.2) is 61.1 Å². The van der Waals surface area contributed by atoms with Gasteiger partial charge in [0.15, 0.2) is 11.6 Å². The third kappa shape index (κ3) is 5.82. The molecule has 8 heteroatoms. The first-order valence-corrected chi connectivity index (χ1v) is 11.3. The van der Waals surface area contributed by atoms with Crippen LogP contribution in [0.2, 0.25) is 0 Å². The van der Waals surface area contributed by atoms with E-state index >= 15 is 0 Å². The Bertz CT molecular complexity index is 907. The lowest BCUT2D eigenvalue weighted by molar-refractivity contribution is -0.426. The van der Waals surface area contributed by atoms with Crippen LogP contribution >= 0.6 is 0 Å². The Morgan fingerprint density at radius 2 is 1.00 bits per heavy atom. The molecular weight excluding hydrogens is 440 g/mol. The molecule has 0 aliphatic carbocycles. The highest BCUT2D eigenvalue weighted by molar-refractivity contribution is 5.89. The molecule has 0 aromatic heterocycles. The van der Waals surface area contributed by atoms with Crippen LogP contribution < -0.4 is 0 Å². The van der Waals surface area contributed by atoms with Crippen molar-refractivity contribution in [3.05, 3.63) is 71.8 Å². The summed E-state index contributed by atoms with van der Waals surface area (Å²) >= 11 is 0. The Morgan fingerprint density at radius 3 is 1.35 bits per heavy atom. The molecular formula is C26H30O8. The molecule has 8 nitrogen and oxygen atoms in total. The quantitative estimate of drug-likeness (QED) is 0.590. The Labute approximate surface area is 199 Å². The number of carbonyl (C=O) groups is 2. The van der Waals surface area contributed by atoms with Crippen molar-refractivity contribution in [1.82, 2.24) is 0 Å². The lowest BCUT2D eigenvalue weighted by Crippen LogP contribution is -2.67. The summed E-state index contributed by atoms with van der Waals surface area (Å²) < 4.78 is 35.5. The van der Waals surface area contributed by atoms with Crippen molar-refractivity contribution >= 4 is 11.9 Å². The van der Waals surface area contributed by atoms with E-state index in [-0.39, 0.29) is 13.2 Å². The van der Waals surface area contributed by atoms with E-state index < -0.39 is 47.9 Å². The van der Waals surface area contributed by atoms with E-state index in [4.69, 9.17) is 28.4 Å². The first-order valence-electron chi connectivity index (χ1n) is 11.3. The van der Waals surface area contributed by atoms with Gasteiger partial charge in [-0.05, 0) is 52.0 Å². The summed E-state index contributed by atoms with van der Waals surface area (Å²) in [6.45, 7) is 7.00. The van der Waals surface area contributed by atoms with Crippen LogP contribution in [0.3, 0.4) is 0 Å². The molecule has 0 bridgehead atoms. The number of hydrogen-bond acceptors (Lipinski definition) is 8. The van der Waals surface area contributed by atoms with Gasteiger partial charge < -0.3 is 28.4 Å². The first kappa shape index (κ1) is 24.3. The van der Waals surface area contributed by atoms with Gasteiger partial charge in [-0.15, -0.1) is 0 Å². The lowest BCUT2D eigenvalue weighted by atomic mass is 9.97. The monoisotopic (exact) mass is 470 g/mol. The van der Waals surface area contributed by atoms with Crippen molar-refractivity contribution in [2.45, 2.75) is 63.7 Å². The van der Waals surface area contributed by atoms with Crippen molar-refractivity contribution in [3.63, 3.8) is 0 Å². The standard InChI is InChI=1S/C26H30O8/c1-25(2)31-19(15-29-23(27)17-11-7-5-8-12-17)22-21(33-25)20(32-26(3,4)34-22)16-30-24(28)18-13-9-6-10-14-18/h5-14,19-22H,15-16H2,1-4H3. The number of ether oxygens (including phenoxy) is 6. The third-order valence-electron chi connectivity index (χ3n) is 5.54. The Hall–Kier alpha value is -2.78. The molecule has 182 valence electrons. The molecule has 2 heterocycles. The van der Waals surface area contributed by atoms with Crippen molar-refractivity contribution in [3.8, 4) is 0 Å². The largest absolute Gasteiger partial charge is 0.459 e. The van der Waals surface area contributed by atoms with Gasteiger partial charge in [0.25, 0.3) is 0 Å². The lowest BCUT2D eigenvalue weighted by Gasteiger charge is -2.53. The molecule has 2 saturated heterocycles. The minimum atomic E-state index is -0.999. The summed E-state index contributed by atoms with van der Waals surface area (Å²) in [6, 6.07) is 17.5. The predicted octanol–water partition coefficient (Wildman–Crippen LogP) is 3.74. The van der Waals surface area contributed by atoms with E-state index in [0.29, 0.717) is 11.1 Å². The molecule has 34 heavy (non-hydrogen) atoms. The number of rotatable bonds is 6. The molecule has 4 atom stereocenters. The fraction of sp³-hybridized carbons (Fsp3) is 0.462. The van der Waals surface area contributed by atoms with Gasteiger partial charge in [0.2, 0.25) is 0 Å². The molecule has 2 aliphatic heterocycles. The first-order chi connectivity index (χ1) is 16.1. The van der Waals surface area contributed by atoms with E-state index in [2.05, 4.69) is 0 Å². The average Bonchev–Trinajstić information content (AvgIpc) is 2.81. The van der Waals surface area contributed by atoms with Gasteiger partial charge in [-0.25, -0.2) is 9.59 Å². The van der Waals surface area contributed by atoms with E-state index in [0.717, 1.165) is 0 Å². The molecule has 0 amide bonds. The second-order valence-electron chi connectivity index (χ2n) is 9.21. The molecule has 2 aromatic rings. The zero-order valence-electron chi connectivity index (χ0n) is 19.8. The Morgan fingerprint density at radius 1 is 0.647 bits per heavy atom. The highest BCUT2D eigenvalue weighted by Gasteiger charge is 2.54. The summed E-state index contributed by atoms with van der Waals surface area (Å²) in [4.78, 5) is 25.0. The minimum absolute atomic E-state index is 0.0334. The Balaban J connectivity index is 1.47. The van der Waals surface area contributed by atoms with E-state index in [1.54, 1.807) is 76.2 Å². The number of carbonyl (C=O) groups excluding carboxylic acids is 2. The van der Waals surface area contributed by atoms with Crippen LogP contribution in [0.1, 0.15) is 48.4 Å². The fourth-order valence-corrected chi connectivity index (χ4v) is 4.17. The Kier molecular flexibility index (Phi) is 7.04. The number of esters is 2. The van der Waals surface area contributed by atoms with Gasteiger partial charge >= 0.3 is 11.9 Å². The second kappa shape index (κ2) is 9.84. The highest BCUT2D eigenvalue weighted by Crippen LogP contribution is 2.38. The molecule has 0 radical (unpaired) electrons. The molecule has 0 spiro atoms. The van der Waals surface area contributed by atoms with Gasteiger partial charge in [0.1, 0.15) is 37.6 Å². The SMILES string of the molecule is CC1(C)OC(COC(=O)c2ccccc2)C2OC(C)(C)OC(COC(=O)c3ccccc3)C2O1. The summed E-state index contributed by atoms with van der Waals surface area (Å²) in [5.41, 5.74) is 0.897. The molecule has 2 aromatic carbocycles. The van der Waals surface area contributed by atoms with Crippen LogP contribution in [0, 0.1) is 0 Å². The summed E-state index contributed by atoms with van der Waals surface area (Å²) in [6.07, 6.45) is -2.45. The van der Waals surface area contributed by atoms with Gasteiger partial charge in [-0.2, -0.15) is 0 Å². The van der Waals surface area contributed by atoms with Gasteiger partial charge in [0, 0.05) is 0 Å². The van der Waals surface area contributed by atoms with Crippen molar-refractivity contribution in [2.75, 3.05) is 13.2 Å². The van der Waals surface area contributed by atoms with E-state index in [1.165, 1.54) is 0 Å². The van der Waals surface area contributed by atoms with Crippen LogP contribution in [0.4, 0.5) is 0 Å². The number of hydrogen-bond donors (Lipinski definition) is 0.